The Labute approximate surface area is 119 Å². The minimum absolute atomic E-state index is 0.437. The van der Waals surface area contributed by atoms with Crippen molar-refractivity contribution in [2.75, 3.05) is 0 Å². The lowest BCUT2D eigenvalue weighted by atomic mass is 10.1. The van der Waals surface area contributed by atoms with Gasteiger partial charge in [0.2, 0.25) is 0 Å². The summed E-state index contributed by atoms with van der Waals surface area (Å²) in [6.07, 6.45) is 2.50. The molecule has 96 valence electrons. The van der Waals surface area contributed by atoms with E-state index >= 15 is 0 Å². The van der Waals surface area contributed by atoms with Gasteiger partial charge in [-0.05, 0) is 24.3 Å². The summed E-state index contributed by atoms with van der Waals surface area (Å²) in [5.74, 6) is 0. The zero-order chi connectivity index (χ0) is 14.1. The molecular formula is C15H8ClN3O. The fraction of sp³-hybridized carbons (Fsp3) is 0. The van der Waals surface area contributed by atoms with E-state index in [9.17, 15) is 4.79 Å². The summed E-state index contributed by atoms with van der Waals surface area (Å²) in [6, 6.07) is 12.4. The Bertz CT molecular complexity index is 844. The van der Waals surface area contributed by atoms with E-state index in [1.165, 1.54) is 0 Å². The van der Waals surface area contributed by atoms with Gasteiger partial charge in [0, 0.05) is 11.8 Å². The van der Waals surface area contributed by atoms with E-state index < -0.39 is 0 Å². The Balaban J connectivity index is 2.27. The van der Waals surface area contributed by atoms with Gasteiger partial charge in [-0.15, -0.1) is 0 Å². The second kappa shape index (κ2) is 4.80. The van der Waals surface area contributed by atoms with Gasteiger partial charge >= 0.3 is 0 Å². The van der Waals surface area contributed by atoms with Crippen LogP contribution >= 0.6 is 11.6 Å². The van der Waals surface area contributed by atoms with Crippen LogP contribution in [0.4, 0.5) is 0 Å². The van der Waals surface area contributed by atoms with E-state index in [0.717, 1.165) is 11.8 Å². The van der Waals surface area contributed by atoms with Crippen molar-refractivity contribution in [3.8, 4) is 17.3 Å². The molecule has 0 amide bonds. The number of halogens is 1. The molecule has 0 aliphatic carbocycles. The fourth-order valence-electron chi connectivity index (χ4n) is 2.08. The summed E-state index contributed by atoms with van der Waals surface area (Å²) in [5.41, 5.74) is 2.86. The molecule has 0 bridgehead atoms. The van der Waals surface area contributed by atoms with Crippen molar-refractivity contribution in [3.63, 3.8) is 0 Å². The minimum Gasteiger partial charge on any atom is -0.296 e. The third kappa shape index (κ3) is 1.85. The monoisotopic (exact) mass is 281 g/mol. The Morgan fingerprint density at radius 3 is 2.65 bits per heavy atom. The van der Waals surface area contributed by atoms with Crippen LogP contribution in [-0.4, -0.2) is 15.7 Å². The van der Waals surface area contributed by atoms with Crippen LogP contribution in [0.25, 0.3) is 16.9 Å². The second-order valence-electron chi connectivity index (χ2n) is 4.20. The summed E-state index contributed by atoms with van der Waals surface area (Å²) in [5, 5.41) is 9.29. The van der Waals surface area contributed by atoms with Crippen LogP contribution in [0, 0.1) is 11.3 Å². The number of nitrogens with zero attached hydrogens (tertiary/aromatic N) is 3. The van der Waals surface area contributed by atoms with Gasteiger partial charge in [-0.3, -0.25) is 9.20 Å². The molecule has 0 aliphatic heterocycles. The quantitative estimate of drug-likeness (QED) is 0.677. The number of fused-ring (bicyclic) bond motifs is 1. The highest BCUT2D eigenvalue weighted by Crippen LogP contribution is 2.26. The average Bonchev–Trinajstić information content (AvgIpc) is 2.87. The number of carbonyl (C=O) groups is 1. The molecule has 2 heterocycles. The van der Waals surface area contributed by atoms with E-state index in [4.69, 9.17) is 16.9 Å². The molecule has 0 spiro atoms. The maximum atomic E-state index is 11.4. The number of hydrogen-bond donors (Lipinski definition) is 0. The standard InChI is InChI=1S/C15H8ClN3O/c16-12-2-1-7-19-13(9-20)14(18-15(12)19)11-5-3-10(8-17)4-6-11/h1-7,9H. The van der Waals surface area contributed by atoms with Crippen LogP contribution in [0.2, 0.25) is 5.02 Å². The van der Waals surface area contributed by atoms with Crippen LogP contribution in [-0.2, 0) is 0 Å². The Morgan fingerprint density at radius 2 is 2.00 bits per heavy atom. The number of pyridine rings is 1. The fourth-order valence-corrected chi connectivity index (χ4v) is 2.29. The molecule has 4 nitrogen and oxygen atoms in total. The van der Waals surface area contributed by atoms with Crippen LogP contribution < -0.4 is 0 Å². The van der Waals surface area contributed by atoms with Crippen molar-refractivity contribution >= 4 is 23.5 Å². The summed E-state index contributed by atoms with van der Waals surface area (Å²) in [6.45, 7) is 0. The zero-order valence-corrected chi connectivity index (χ0v) is 11.0. The highest BCUT2D eigenvalue weighted by atomic mass is 35.5. The average molecular weight is 282 g/mol. The van der Waals surface area contributed by atoms with Crippen molar-refractivity contribution in [2.45, 2.75) is 0 Å². The number of imidazole rings is 1. The van der Waals surface area contributed by atoms with Crippen LogP contribution in [0.3, 0.4) is 0 Å². The minimum atomic E-state index is 0.437. The Hall–Kier alpha value is -2.64. The maximum Gasteiger partial charge on any atom is 0.169 e. The smallest absolute Gasteiger partial charge is 0.169 e. The molecule has 0 saturated heterocycles. The molecule has 0 aliphatic rings. The van der Waals surface area contributed by atoms with Gasteiger partial charge in [0.15, 0.2) is 11.9 Å². The molecule has 0 atom stereocenters. The summed E-state index contributed by atoms with van der Waals surface area (Å²) >= 11 is 6.09. The topological polar surface area (TPSA) is 58.2 Å². The number of aromatic nitrogens is 2. The second-order valence-corrected chi connectivity index (χ2v) is 4.61. The third-order valence-corrected chi connectivity index (χ3v) is 3.33. The van der Waals surface area contributed by atoms with E-state index in [0.29, 0.717) is 27.6 Å². The van der Waals surface area contributed by atoms with Gasteiger partial charge in [0.05, 0.1) is 16.7 Å². The molecule has 0 N–H and O–H groups in total. The normalized spacial score (nSPS) is 10.4. The van der Waals surface area contributed by atoms with E-state index in [1.54, 1.807) is 47.0 Å². The lowest BCUT2D eigenvalue weighted by Gasteiger charge is -1.98. The molecule has 0 fully saturated rings. The Morgan fingerprint density at radius 1 is 1.25 bits per heavy atom. The van der Waals surface area contributed by atoms with Gasteiger partial charge < -0.3 is 0 Å². The Kier molecular flexibility index (Phi) is 2.97. The first-order valence-electron chi connectivity index (χ1n) is 5.87. The third-order valence-electron chi connectivity index (χ3n) is 3.04. The van der Waals surface area contributed by atoms with Crippen molar-refractivity contribution in [1.82, 2.24) is 9.38 Å². The van der Waals surface area contributed by atoms with Gasteiger partial charge in [0.1, 0.15) is 11.4 Å². The predicted octanol–water partition coefficient (Wildman–Crippen LogP) is 3.34. The first kappa shape index (κ1) is 12.4. The van der Waals surface area contributed by atoms with E-state index in [1.807, 2.05) is 0 Å². The van der Waals surface area contributed by atoms with Crippen molar-refractivity contribution < 1.29 is 4.79 Å². The molecule has 3 aromatic rings. The SMILES string of the molecule is N#Cc1ccc(-c2nc3c(Cl)cccn3c2C=O)cc1. The molecule has 2 aromatic heterocycles. The van der Waals surface area contributed by atoms with Crippen molar-refractivity contribution in [3.05, 3.63) is 58.9 Å². The van der Waals surface area contributed by atoms with Gasteiger partial charge in [-0.25, -0.2) is 4.98 Å². The van der Waals surface area contributed by atoms with Gasteiger partial charge in [-0.2, -0.15) is 5.26 Å². The van der Waals surface area contributed by atoms with Gasteiger partial charge in [0.25, 0.3) is 0 Å². The molecule has 3 rings (SSSR count). The van der Waals surface area contributed by atoms with Gasteiger partial charge in [-0.1, -0.05) is 23.7 Å². The van der Waals surface area contributed by atoms with E-state index in [-0.39, 0.29) is 0 Å². The number of benzene rings is 1. The number of rotatable bonds is 2. The van der Waals surface area contributed by atoms with Crippen LogP contribution in [0.1, 0.15) is 16.1 Å². The molecule has 0 radical (unpaired) electrons. The number of aldehydes is 1. The van der Waals surface area contributed by atoms with E-state index in [2.05, 4.69) is 11.1 Å². The van der Waals surface area contributed by atoms with Crippen LogP contribution in [0.15, 0.2) is 42.6 Å². The summed E-state index contributed by atoms with van der Waals surface area (Å²) in [4.78, 5) is 15.8. The molecule has 0 saturated carbocycles. The highest BCUT2D eigenvalue weighted by molar-refractivity contribution is 6.33. The summed E-state index contributed by atoms with van der Waals surface area (Å²) in [7, 11) is 0. The molecular weight excluding hydrogens is 274 g/mol. The first-order chi connectivity index (χ1) is 9.74. The number of hydrogen-bond acceptors (Lipinski definition) is 3. The predicted molar refractivity (Wildman–Crippen MR) is 75.7 cm³/mol. The molecule has 0 unspecified atom stereocenters. The molecule has 1 aromatic carbocycles. The molecule has 5 heteroatoms. The summed E-state index contributed by atoms with van der Waals surface area (Å²) < 4.78 is 1.66. The van der Waals surface area contributed by atoms with Crippen molar-refractivity contribution in [2.24, 2.45) is 0 Å². The molecule has 20 heavy (non-hydrogen) atoms. The van der Waals surface area contributed by atoms with Crippen LogP contribution in [0.5, 0.6) is 0 Å². The number of carbonyl (C=O) groups excluding carboxylic acids is 1. The lowest BCUT2D eigenvalue weighted by molar-refractivity contribution is 0.111. The number of nitriles is 1. The first-order valence-corrected chi connectivity index (χ1v) is 6.24. The van der Waals surface area contributed by atoms with Crippen molar-refractivity contribution in [1.29, 1.82) is 5.26 Å². The largest absolute Gasteiger partial charge is 0.296 e. The zero-order valence-electron chi connectivity index (χ0n) is 10.2. The maximum absolute atomic E-state index is 11.4. The highest BCUT2D eigenvalue weighted by Gasteiger charge is 2.14. The lowest BCUT2D eigenvalue weighted by Crippen LogP contribution is -1.92.